The lowest BCUT2D eigenvalue weighted by molar-refractivity contribution is -0.143. The molecule has 248 valence electrons. The number of fused-ring (bicyclic) bond motifs is 1. The summed E-state index contributed by atoms with van der Waals surface area (Å²) >= 11 is 0. The van der Waals surface area contributed by atoms with Crippen LogP contribution in [-0.4, -0.2) is 83.5 Å². The molecule has 3 fully saturated rings. The fourth-order valence-corrected chi connectivity index (χ4v) is 7.39. The molecule has 0 bridgehead atoms. The Kier molecular flexibility index (Phi) is 8.99. The minimum absolute atomic E-state index is 0.00648. The standard InChI is InChI=1S/C31H38FN5O8S/c1-5-19-13-31(19,29(41)35-46(43,44)21-10-11-21)34-27(39)24-12-20(15-37(24)28(40)26(17(3)4)33-25(38)6-2)45-30(42)36-14-18-8-7-9-23(32)22(18)16-36/h5-9,17,19-21,24,26H,1-2,10-16H2,3-4H3,(H,33,38)(H,34,39)(H,35,41). The summed E-state index contributed by atoms with van der Waals surface area (Å²) in [6, 6.07) is 2.26. The van der Waals surface area contributed by atoms with Crippen LogP contribution in [0, 0.1) is 17.7 Å². The quantitative estimate of drug-likeness (QED) is 0.235. The number of sulfonamides is 1. The molecule has 5 unspecified atom stereocenters. The first-order valence-corrected chi connectivity index (χ1v) is 16.7. The smallest absolute Gasteiger partial charge is 0.410 e. The second-order valence-electron chi connectivity index (χ2n) is 12.6. The van der Waals surface area contributed by atoms with Crippen molar-refractivity contribution < 1.29 is 41.5 Å². The normalized spacial score (nSPS) is 25.7. The second kappa shape index (κ2) is 12.5. The Balaban J connectivity index is 1.35. The van der Waals surface area contributed by atoms with Crippen LogP contribution in [-0.2, 0) is 47.0 Å². The average molecular weight is 660 g/mol. The summed E-state index contributed by atoms with van der Waals surface area (Å²) in [5, 5.41) is 4.58. The molecule has 2 aliphatic carbocycles. The van der Waals surface area contributed by atoms with Gasteiger partial charge in [-0.15, -0.1) is 6.58 Å². The lowest BCUT2D eigenvalue weighted by atomic mass is 10.0. The third-order valence-electron chi connectivity index (χ3n) is 8.96. The summed E-state index contributed by atoms with van der Waals surface area (Å²) in [4.78, 5) is 68.8. The molecule has 1 saturated heterocycles. The van der Waals surface area contributed by atoms with Crippen molar-refractivity contribution in [3.63, 3.8) is 0 Å². The maximum Gasteiger partial charge on any atom is 0.410 e. The first-order valence-electron chi connectivity index (χ1n) is 15.2. The fraction of sp³-hybridized carbons (Fsp3) is 0.516. The number of hydrogen-bond donors (Lipinski definition) is 3. The van der Waals surface area contributed by atoms with Crippen molar-refractivity contribution >= 4 is 39.7 Å². The van der Waals surface area contributed by atoms with Gasteiger partial charge in [-0.25, -0.2) is 17.6 Å². The number of nitrogens with zero attached hydrogens (tertiary/aromatic N) is 2. The van der Waals surface area contributed by atoms with Gasteiger partial charge in [0.25, 0.3) is 5.91 Å². The van der Waals surface area contributed by atoms with E-state index in [4.69, 9.17) is 4.74 Å². The van der Waals surface area contributed by atoms with E-state index in [1.807, 2.05) is 0 Å². The maximum atomic E-state index is 14.3. The highest BCUT2D eigenvalue weighted by Crippen LogP contribution is 2.45. The molecule has 2 heterocycles. The van der Waals surface area contributed by atoms with E-state index in [9.17, 15) is 36.8 Å². The van der Waals surface area contributed by atoms with Crippen molar-refractivity contribution in [1.82, 2.24) is 25.2 Å². The number of carbonyl (C=O) groups is 5. The zero-order chi connectivity index (χ0) is 33.6. The Morgan fingerprint density at radius 3 is 2.43 bits per heavy atom. The number of rotatable bonds is 11. The summed E-state index contributed by atoms with van der Waals surface area (Å²) in [6.45, 7) is 10.4. The van der Waals surface area contributed by atoms with E-state index >= 15 is 0 Å². The molecule has 2 saturated carbocycles. The molecule has 1 aromatic carbocycles. The van der Waals surface area contributed by atoms with E-state index in [2.05, 4.69) is 28.5 Å². The van der Waals surface area contributed by atoms with E-state index in [0.717, 1.165) is 6.08 Å². The summed E-state index contributed by atoms with van der Waals surface area (Å²) in [6.07, 6.45) is 1.57. The molecule has 15 heteroatoms. The van der Waals surface area contributed by atoms with Crippen LogP contribution >= 0.6 is 0 Å². The van der Waals surface area contributed by atoms with E-state index in [1.165, 1.54) is 21.9 Å². The van der Waals surface area contributed by atoms with Gasteiger partial charge in [0.2, 0.25) is 27.7 Å². The average Bonchev–Trinajstić information content (AvgIpc) is 3.90. The van der Waals surface area contributed by atoms with Gasteiger partial charge in [-0.1, -0.05) is 38.6 Å². The molecule has 13 nitrogen and oxygen atoms in total. The highest BCUT2D eigenvalue weighted by molar-refractivity contribution is 7.91. The van der Waals surface area contributed by atoms with Gasteiger partial charge in [0.15, 0.2) is 0 Å². The van der Waals surface area contributed by atoms with Crippen molar-refractivity contribution in [2.45, 2.75) is 81.6 Å². The Bertz CT molecular complexity index is 1590. The number of carbonyl (C=O) groups excluding carboxylic acids is 5. The number of nitrogens with one attached hydrogen (secondary N) is 3. The molecular formula is C31H38FN5O8S. The molecule has 3 N–H and O–H groups in total. The van der Waals surface area contributed by atoms with Crippen LogP contribution in [0.1, 0.15) is 50.7 Å². The fourth-order valence-electron chi connectivity index (χ4n) is 6.03. The molecule has 0 spiro atoms. The summed E-state index contributed by atoms with van der Waals surface area (Å²) < 4.78 is 47.1. The van der Waals surface area contributed by atoms with E-state index in [-0.39, 0.29) is 32.5 Å². The Morgan fingerprint density at radius 2 is 1.85 bits per heavy atom. The topological polar surface area (TPSA) is 171 Å². The molecule has 4 aliphatic rings. The lowest BCUT2D eigenvalue weighted by Crippen LogP contribution is -2.59. The van der Waals surface area contributed by atoms with Gasteiger partial charge in [-0.05, 0) is 42.9 Å². The zero-order valence-corrected chi connectivity index (χ0v) is 26.5. The van der Waals surface area contributed by atoms with Crippen LogP contribution in [0.5, 0.6) is 0 Å². The first kappa shape index (κ1) is 33.1. The van der Waals surface area contributed by atoms with Gasteiger partial charge in [0.05, 0.1) is 18.3 Å². The van der Waals surface area contributed by atoms with Gasteiger partial charge < -0.3 is 20.3 Å². The van der Waals surface area contributed by atoms with Crippen LogP contribution in [0.15, 0.2) is 43.5 Å². The monoisotopic (exact) mass is 659 g/mol. The Morgan fingerprint density at radius 1 is 1.13 bits per heavy atom. The number of likely N-dealkylation sites (tertiary alicyclic amines) is 1. The number of ether oxygens (including phenoxy) is 1. The van der Waals surface area contributed by atoms with Crippen molar-refractivity contribution in [3.8, 4) is 0 Å². The van der Waals surface area contributed by atoms with Gasteiger partial charge in [0.1, 0.15) is 29.5 Å². The van der Waals surface area contributed by atoms with Gasteiger partial charge in [-0.2, -0.15) is 0 Å². The minimum atomic E-state index is -3.91. The lowest BCUT2D eigenvalue weighted by Gasteiger charge is -2.31. The second-order valence-corrected chi connectivity index (χ2v) is 14.6. The molecule has 5 rings (SSSR count). The molecule has 5 atom stereocenters. The van der Waals surface area contributed by atoms with E-state index in [0.29, 0.717) is 24.0 Å². The Hall–Kier alpha value is -4.27. The molecule has 1 aromatic rings. The number of hydrogen-bond acceptors (Lipinski definition) is 8. The van der Waals surface area contributed by atoms with Crippen LogP contribution in [0.2, 0.25) is 0 Å². The third kappa shape index (κ3) is 6.50. The third-order valence-corrected chi connectivity index (χ3v) is 10.8. The molecule has 5 amide bonds. The highest BCUT2D eigenvalue weighted by Gasteiger charge is 2.62. The molecule has 0 radical (unpaired) electrons. The molecule has 0 aromatic heterocycles. The first-order chi connectivity index (χ1) is 21.7. The van der Waals surface area contributed by atoms with Crippen LogP contribution in [0.4, 0.5) is 9.18 Å². The van der Waals surface area contributed by atoms with Gasteiger partial charge in [-0.3, -0.25) is 28.8 Å². The molecule has 46 heavy (non-hydrogen) atoms. The largest absolute Gasteiger partial charge is 0.444 e. The van der Waals surface area contributed by atoms with Crippen molar-refractivity contribution in [2.75, 3.05) is 6.54 Å². The molecule has 2 aliphatic heterocycles. The van der Waals surface area contributed by atoms with Crippen LogP contribution in [0.3, 0.4) is 0 Å². The Labute approximate surface area is 266 Å². The van der Waals surface area contributed by atoms with Gasteiger partial charge in [0, 0.05) is 24.4 Å². The number of amides is 5. The maximum absolute atomic E-state index is 14.3. The predicted octanol–water partition coefficient (Wildman–Crippen LogP) is 1.24. The van der Waals surface area contributed by atoms with Crippen molar-refractivity contribution in [1.29, 1.82) is 0 Å². The SMILES string of the molecule is C=CC(=O)NC(C(=O)N1CC(OC(=O)N2Cc3cccc(F)c3C2)CC1C(=O)NC1(C(=O)NS(=O)(=O)C2CC2)CC1C=C)C(C)C. The summed E-state index contributed by atoms with van der Waals surface area (Å²) in [7, 11) is -3.91. The van der Waals surface area contributed by atoms with Crippen LogP contribution < -0.4 is 15.4 Å². The predicted molar refractivity (Wildman–Crippen MR) is 162 cm³/mol. The minimum Gasteiger partial charge on any atom is -0.444 e. The van der Waals surface area contributed by atoms with Crippen LogP contribution in [0.25, 0.3) is 0 Å². The zero-order valence-electron chi connectivity index (χ0n) is 25.7. The number of halogens is 1. The van der Waals surface area contributed by atoms with Crippen molar-refractivity contribution in [3.05, 3.63) is 60.5 Å². The van der Waals surface area contributed by atoms with E-state index < -0.39 is 86.4 Å². The summed E-state index contributed by atoms with van der Waals surface area (Å²) in [5.74, 6) is -4.28. The van der Waals surface area contributed by atoms with Crippen molar-refractivity contribution in [2.24, 2.45) is 11.8 Å². The van der Waals surface area contributed by atoms with Gasteiger partial charge >= 0.3 is 6.09 Å². The molecular weight excluding hydrogens is 621 g/mol. The highest BCUT2D eigenvalue weighted by atomic mass is 32.2. The summed E-state index contributed by atoms with van der Waals surface area (Å²) in [5.41, 5.74) is -0.570. The van der Waals surface area contributed by atoms with E-state index in [1.54, 1.807) is 26.0 Å². The number of benzene rings is 1.